The van der Waals surface area contributed by atoms with Crippen LogP contribution in [0.15, 0.2) is 11.4 Å². The maximum atomic E-state index is 12.8. The first-order valence-corrected chi connectivity index (χ1v) is 11.0. The van der Waals surface area contributed by atoms with E-state index in [1.54, 1.807) is 11.3 Å². The van der Waals surface area contributed by atoms with Crippen LogP contribution in [-0.2, 0) is 9.53 Å². The molecule has 0 unspecified atom stereocenters. The molecule has 0 saturated carbocycles. The fourth-order valence-corrected chi connectivity index (χ4v) is 5.25. The number of hydrogen-bond acceptors (Lipinski definition) is 5. The zero-order valence-electron chi connectivity index (χ0n) is 16.9. The second kappa shape index (κ2) is 9.65. The number of carboxylic acids is 1. The summed E-state index contributed by atoms with van der Waals surface area (Å²) in [6, 6.07) is 2.04. The highest BCUT2D eigenvalue weighted by Gasteiger charge is 2.43. The fourth-order valence-electron chi connectivity index (χ4n) is 4.36. The highest BCUT2D eigenvalue weighted by Crippen LogP contribution is 2.36. The van der Waals surface area contributed by atoms with Crippen LogP contribution in [0.1, 0.15) is 34.5 Å². The van der Waals surface area contributed by atoms with Crippen LogP contribution in [0.2, 0.25) is 0 Å². The number of halogens is 3. The Balaban J connectivity index is 0.000000318. The highest BCUT2D eigenvalue weighted by molar-refractivity contribution is 7.12. The van der Waals surface area contributed by atoms with Crippen molar-refractivity contribution in [3.05, 3.63) is 21.9 Å². The van der Waals surface area contributed by atoms with E-state index in [1.807, 2.05) is 18.4 Å². The predicted octanol–water partition coefficient (Wildman–Crippen LogP) is 3.26. The van der Waals surface area contributed by atoms with Crippen molar-refractivity contribution in [1.82, 2.24) is 9.80 Å². The lowest BCUT2D eigenvalue weighted by Gasteiger charge is -2.36. The molecule has 3 saturated heterocycles. The van der Waals surface area contributed by atoms with Crippen molar-refractivity contribution in [3.8, 4) is 0 Å². The van der Waals surface area contributed by atoms with E-state index in [1.165, 1.54) is 25.9 Å². The zero-order chi connectivity index (χ0) is 21.9. The van der Waals surface area contributed by atoms with Gasteiger partial charge in [0.2, 0.25) is 0 Å². The lowest BCUT2D eigenvalue weighted by Crippen LogP contribution is -2.47. The monoisotopic (exact) mass is 448 g/mol. The van der Waals surface area contributed by atoms with Gasteiger partial charge in [-0.2, -0.15) is 13.2 Å². The van der Waals surface area contributed by atoms with Crippen molar-refractivity contribution in [2.24, 2.45) is 11.8 Å². The minimum atomic E-state index is -5.08. The van der Waals surface area contributed by atoms with Crippen LogP contribution in [0.3, 0.4) is 0 Å². The van der Waals surface area contributed by atoms with Crippen molar-refractivity contribution in [1.29, 1.82) is 0 Å². The van der Waals surface area contributed by atoms with E-state index < -0.39 is 12.1 Å². The molecule has 3 atom stereocenters. The van der Waals surface area contributed by atoms with Gasteiger partial charge in [0, 0.05) is 25.6 Å². The molecule has 1 amide bonds. The number of fused-ring (bicyclic) bond motifs is 1. The third-order valence-electron chi connectivity index (χ3n) is 6.03. The van der Waals surface area contributed by atoms with Crippen LogP contribution in [0, 0.1) is 18.8 Å². The number of likely N-dealkylation sites (tertiary alicyclic amines) is 2. The van der Waals surface area contributed by atoms with Gasteiger partial charge in [-0.3, -0.25) is 4.79 Å². The largest absolute Gasteiger partial charge is 0.490 e. The molecule has 0 aliphatic carbocycles. The topological polar surface area (TPSA) is 70.1 Å². The Morgan fingerprint density at radius 1 is 1.27 bits per heavy atom. The summed E-state index contributed by atoms with van der Waals surface area (Å²) in [6.45, 7) is 8.18. The van der Waals surface area contributed by atoms with Crippen LogP contribution < -0.4 is 0 Å². The maximum Gasteiger partial charge on any atom is 0.490 e. The number of hydrogen-bond donors (Lipinski definition) is 1. The number of aliphatic carboxylic acids is 1. The Morgan fingerprint density at radius 2 is 1.93 bits per heavy atom. The number of carbonyl (C=O) groups excluding carboxylic acids is 1. The van der Waals surface area contributed by atoms with E-state index in [4.69, 9.17) is 14.6 Å². The number of aryl methyl sites for hydroxylation is 1. The Labute approximate surface area is 177 Å². The van der Waals surface area contributed by atoms with E-state index >= 15 is 0 Å². The summed E-state index contributed by atoms with van der Waals surface area (Å²) in [5.74, 6) is -1.36. The van der Waals surface area contributed by atoms with Crippen LogP contribution in [0.4, 0.5) is 13.2 Å². The van der Waals surface area contributed by atoms with Gasteiger partial charge in [-0.15, -0.1) is 11.3 Å². The number of thiophene rings is 1. The Hall–Kier alpha value is -1.65. The molecule has 0 aromatic carbocycles. The number of rotatable bonds is 3. The summed E-state index contributed by atoms with van der Waals surface area (Å²) in [4.78, 5) is 27.2. The van der Waals surface area contributed by atoms with Crippen LogP contribution in [-0.4, -0.2) is 78.4 Å². The average Bonchev–Trinajstić information content (AvgIpc) is 3.43. The third kappa shape index (κ3) is 5.53. The smallest absolute Gasteiger partial charge is 0.475 e. The Morgan fingerprint density at radius 3 is 2.50 bits per heavy atom. The summed E-state index contributed by atoms with van der Waals surface area (Å²) in [6.07, 6.45) is -1.03. The minimum absolute atomic E-state index is 0.225. The van der Waals surface area contributed by atoms with Gasteiger partial charge in [0.15, 0.2) is 0 Å². The second-order valence-electron chi connectivity index (χ2n) is 8.08. The number of carboxylic acid groups (broad SMARTS) is 1. The van der Waals surface area contributed by atoms with Crippen molar-refractivity contribution in [2.75, 3.05) is 39.3 Å². The lowest BCUT2D eigenvalue weighted by molar-refractivity contribution is -0.192. The van der Waals surface area contributed by atoms with Crippen molar-refractivity contribution < 1.29 is 32.6 Å². The van der Waals surface area contributed by atoms with Crippen molar-refractivity contribution in [3.63, 3.8) is 0 Å². The average molecular weight is 449 g/mol. The van der Waals surface area contributed by atoms with Crippen LogP contribution >= 0.6 is 11.3 Å². The molecule has 30 heavy (non-hydrogen) atoms. The molecule has 1 N–H and O–H groups in total. The molecule has 3 aliphatic heterocycles. The maximum absolute atomic E-state index is 12.8. The van der Waals surface area contributed by atoms with Gasteiger partial charge in [-0.05, 0) is 62.2 Å². The SMILES string of the molecule is Cc1ccsc1C(=O)N1CC[C@@H]2CO[C@@H](CN3CCCC3)[C@@H]2C1.O=C(O)C(F)(F)F. The number of alkyl halides is 3. The Kier molecular flexibility index (Phi) is 7.41. The third-order valence-corrected chi connectivity index (χ3v) is 7.04. The predicted molar refractivity (Wildman–Crippen MR) is 106 cm³/mol. The first kappa shape index (κ1) is 23.0. The van der Waals surface area contributed by atoms with Gasteiger partial charge in [-0.25, -0.2) is 4.79 Å². The van der Waals surface area contributed by atoms with E-state index in [0.717, 1.165) is 43.1 Å². The van der Waals surface area contributed by atoms with Crippen molar-refractivity contribution >= 4 is 23.2 Å². The normalized spacial score (nSPS) is 26.8. The molecule has 0 bridgehead atoms. The molecule has 0 spiro atoms. The number of amides is 1. The molecule has 1 aromatic rings. The van der Waals surface area contributed by atoms with Gasteiger partial charge < -0.3 is 19.6 Å². The van der Waals surface area contributed by atoms with E-state index in [0.29, 0.717) is 17.9 Å². The molecule has 3 fully saturated rings. The minimum Gasteiger partial charge on any atom is -0.475 e. The number of piperidine rings is 1. The van der Waals surface area contributed by atoms with Gasteiger partial charge in [0.25, 0.3) is 5.91 Å². The summed E-state index contributed by atoms with van der Waals surface area (Å²) in [7, 11) is 0. The zero-order valence-corrected chi connectivity index (χ0v) is 17.7. The summed E-state index contributed by atoms with van der Waals surface area (Å²) in [5, 5.41) is 9.14. The number of ether oxygens (including phenoxy) is 1. The number of carbonyl (C=O) groups is 2. The van der Waals surface area contributed by atoms with Gasteiger partial charge in [0.05, 0.1) is 17.6 Å². The molecule has 1 aromatic heterocycles. The van der Waals surface area contributed by atoms with Gasteiger partial charge >= 0.3 is 12.1 Å². The molecule has 3 aliphatic rings. The summed E-state index contributed by atoms with van der Waals surface area (Å²) < 4.78 is 37.9. The van der Waals surface area contributed by atoms with E-state index in [9.17, 15) is 18.0 Å². The number of nitrogens with zero attached hydrogens (tertiary/aromatic N) is 2. The Bertz CT molecular complexity index is 749. The molecule has 10 heteroatoms. The van der Waals surface area contributed by atoms with E-state index in [-0.39, 0.29) is 5.91 Å². The fraction of sp³-hybridized carbons (Fsp3) is 0.700. The molecular weight excluding hydrogens is 421 g/mol. The van der Waals surface area contributed by atoms with E-state index in [2.05, 4.69) is 9.80 Å². The van der Waals surface area contributed by atoms with Crippen LogP contribution in [0.5, 0.6) is 0 Å². The summed E-state index contributed by atoms with van der Waals surface area (Å²) in [5.41, 5.74) is 1.11. The molecule has 168 valence electrons. The molecule has 4 rings (SSSR count). The molecule has 0 radical (unpaired) electrons. The van der Waals surface area contributed by atoms with Gasteiger partial charge in [-0.1, -0.05) is 0 Å². The molecule has 6 nitrogen and oxygen atoms in total. The highest BCUT2D eigenvalue weighted by atomic mass is 32.1. The van der Waals surface area contributed by atoms with Crippen molar-refractivity contribution in [2.45, 2.75) is 38.5 Å². The van der Waals surface area contributed by atoms with Crippen LogP contribution in [0.25, 0.3) is 0 Å². The standard InChI is InChI=1S/C18H26N2O2S.C2HF3O2/c1-13-5-9-23-17(13)18(21)20-8-4-14-12-22-16(15(14)10-20)11-19-6-2-3-7-19;3-2(4,5)1(6)7/h5,9,14-16H,2-4,6-8,10-12H2,1H3;(H,6,7)/t14-,15-,16+;/m1./s1. The quantitative estimate of drug-likeness (QED) is 0.769. The first-order chi connectivity index (χ1) is 14.2. The summed E-state index contributed by atoms with van der Waals surface area (Å²) >= 11 is 1.57. The molecule has 4 heterocycles. The lowest BCUT2D eigenvalue weighted by atomic mass is 9.84. The first-order valence-electron chi connectivity index (χ1n) is 10.1. The molecular formula is C20H27F3N2O4S. The van der Waals surface area contributed by atoms with Gasteiger partial charge in [0.1, 0.15) is 0 Å². The second-order valence-corrected chi connectivity index (χ2v) is 9.00.